The molecule has 4 unspecified atom stereocenters. The number of aliphatic hydroxyl groups excluding tert-OH is 1. The minimum atomic E-state index is -0.525. The smallest absolute Gasteiger partial charge is 0.319 e. The minimum absolute atomic E-state index is 0.0141. The Labute approximate surface area is 330 Å². The van der Waals surface area contributed by atoms with E-state index in [-0.39, 0.29) is 24.8 Å². The van der Waals surface area contributed by atoms with Crippen LogP contribution >= 0.6 is 0 Å². The van der Waals surface area contributed by atoms with Crippen LogP contribution in [0, 0.1) is 0 Å². The molecule has 3 saturated heterocycles. The van der Waals surface area contributed by atoms with E-state index in [1.54, 1.807) is 0 Å². The van der Waals surface area contributed by atoms with Gasteiger partial charge in [0.25, 0.3) is 0 Å². The second kappa shape index (κ2) is 18.3. The first-order chi connectivity index (χ1) is 27.5. The number of benzene rings is 5. The van der Waals surface area contributed by atoms with E-state index < -0.39 is 6.29 Å². The Balaban J connectivity index is 0.922. The van der Waals surface area contributed by atoms with Gasteiger partial charge in [-0.1, -0.05) is 78.9 Å². The molecule has 4 atom stereocenters. The Hall–Kier alpha value is -5.03. The maximum atomic E-state index is 12.8. The summed E-state index contributed by atoms with van der Waals surface area (Å²) in [6.45, 7) is 5.98. The molecule has 0 aromatic heterocycles. The molecule has 5 aromatic rings. The average molecular weight is 753 g/mol. The fraction of sp³-hybridized carbons (Fsp3) is 0.340. The summed E-state index contributed by atoms with van der Waals surface area (Å²) >= 11 is 0. The van der Waals surface area contributed by atoms with Gasteiger partial charge in [0.1, 0.15) is 11.5 Å². The Morgan fingerprint density at radius 1 is 0.714 bits per heavy atom. The summed E-state index contributed by atoms with van der Waals surface area (Å²) < 4.78 is 19.4. The van der Waals surface area contributed by atoms with Gasteiger partial charge in [0, 0.05) is 43.3 Å². The van der Waals surface area contributed by atoms with Gasteiger partial charge in [-0.3, -0.25) is 4.90 Å². The molecule has 0 aliphatic carbocycles. The number of aliphatic hydroxyl groups is 1. The van der Waals surface area contributed by atoms with E-state index in [1.807, 2.05) is 78.9 Å². The average Bonchev–Trinajstić information content (AvgIpc) is 3.93. The summed E-state index contributed by atoms with van der Waals surface area (Å²) in [6, 6.07) is 42.0. The van der Waals surface area contributed by atoms with Gasteiger partial charge < -0.3 is 34.9 Å². The summed E-state index contributed by atoms with van der Waals surface area (Å²) in [6.07, 6.45) is 5.24. The summed E-state index contributed by atoms with van der Waals surface area (Å²) in [5.41, 5.74) is 6.73. The first-order valence-electron chi connectivity index (χ1n) is 20.1. The van der Waals surface area contributed by atoms with Crippen molar-refractivity contribution < 1.29 is 24.1 Å². The van der Waals surface area contributed by atoms with Crippen LogP contribution in [0.15, 0.2) is 127 Å². The highest BCUT2D eigenvalue weighted by atomic mass is 16.7. The van der Waals surface area contributed by atoms with E-state index >= 15 is 0 Å². The van der Waals surface area contributed by atoms with E-state index in [0.717, 1.165) is 65.2 Å². The Kier molecular flexibility index (Phi) is 12.4. The number of hydrogen-bond donors (Lipinski definition) is 3. The van der Waals surface area contributed by atoms with Gasteiger partial charge in [0.05, 0.1) is 18.8 Å². The zero-order valence-electron chi connectivity index (χ0n) is 31.9. The minimum Gasteiger partial charge on any atom is -0.457 e. The molecule has 9 nitrogen and oxygen atoms in total. The van der Waals surface area contributed by atoms with E-state index in [4.69, 9.17) is 14.2 Å². The van der Waals surface area contributed by atoms with E-state index in [9.17, 15) is 9.90 Å². The van der Waals surface area contributed by atoms with Gasteiger partial charge in [0.15, 0.2) is 6.29 Å². The lowest BCUT2D eigenvalue weighted by Gasteiger charge is -2.39. The number of nitrogens with one attached hydrogen (secondary N) is 2. The maximum absolute atomic E-state index is 12.8. The molecule has 3 aliphatic heterocycles. The molecular formula is C47H52N4O5. The number of amides is 2. The van der Waals surface area contributed by atoms with Crippen molar-refractivity contribution in [1.29, 1.82) is 0 Å². The molecule has 290 valence electrons. The molecule has 0 radical (unpaired) electrons. The standard InChI is InChI=1S/C47H52N4O5/c52-33-34-16-18-36(19-17-34)45-29-44(32-51-26-8-13-41(51)31-50-24-4-5-25-50)55-46(56-45)39-12-7-11-38(28-39)37-10-6-9-35(27-37)30-48-47(53)49-40-20-22-43(23-21-40)54-42-14-2-1-3-15-42/h1-3,6-7,9-12,14-23,27-28,41,44-46,52H,4-5,8,13,24-26,29-33H2,(H2,48,49,53). The number of hydrogen-bond acceptors (Lipinski definition) is 7. The molecule has 3 aliphatic rings. The van der Waals surface area contributed by atoms with Crippen molar-refractivity contribution in [2.24, 2.45) is 0 Å². The lowest BCUT2D eigenvalue weighted by molar-refractivity contribution is -0.253. The van der Waals surface area contributed by atoms with Crippen molar-refractivity contribution in [3.05, 3.63) is 150 Å². The molecule has 0 spiro atoms. The van der Waals surface area contributed by atoms with Crippen molar-refractivity contribution in [3.63, 3.8) is 0 Å². The van der Waals surface area contributed by atoms with E-state index in [2.05, 4.69) is 69.0 Å². The molecule has 0 saturated carbocycles. The van der Waals surface area contributed by atoms with Gasteiger partial charge in [-0.15, -0.1) is 0 Å². The molecular weight excluding hydrogens is 701 g/mol. The SMILES string of the molecule is O=C(NCc1cccc(-c2cccc(C3OC(CN4CCCC4CN4CCCC4)CC(c4ccc(CO)cc4)O3)c2)c1)Nc1ccc(Oc2ccccc2)cc1. The van der Waals surface area contributed by atoms with Crippen LogP contribution in [0.5, 0.6) is 11.5 Å². The molecule has 3 N–H and O–H groups in total. The number of anilines is 1. The monoisotopic (exact) mass is 752 g/mol. The van der Waals surface area contributed by atoms with Crippen LogP contribution in [0.25, 0.3) is 11.1 Å². The molecule has 9 heteroatoms. The summed E-state index contributed by atoms with van der Waals surface area (Å²) in [5, 5.41) is 15.6. The van der Waals surface area contributed by atoms with Crippen molar-refractivity contribution in [1.82, 2.24) is 15.1 Å². The normalized spacial score (nSPS) is 21.5. The Bertz CT molecular complexity index is 2020. The van der Waals surface area contributed by atoms with Crippen molar-refractivity contribution in [2.45, 2.75) is 69.8 Å². The third-order valence-electron chi connectivity index (χ3n) is 11.2. The topological polar surface area (TPSA) is 95.5 Å². The van der Waals surface area contributed by atoms with E-state index in [0.29, 0.717) is 24.0 Å². The molecule has 3 heterocycles. The number of carbonyl (C=O) groups excluding carboxylic acids is 1. The molecule has 56 heavy (non-hydrogen) atoms. The number of likely N-dealkylation sites (tertiary alicyclic amines) is 2. The van der Waals surface area contributed by atoms with Crippen LogP contribution in [0.4, 0.5) is 10.5 Å². The van der Waals surface area contributed by atoms with E-state index in [1.165, 1.54) is 38.8 Å². The van der Waals surface area contributed by atoms with Crippen molar-refractivity contribution >= 4 is 11.7 Å². The summed E-state index contributed by atoms with van der Waals surface area (Å²) in [7, 11) is 0. The van der Waals surface area contributed by atoms with Crippen LogP contribution < -0.4 is 15.4 Å². The fourth-order valence-electron chi connectivity index (χ4n) is 8.21. The molecule has 5 aromatic carbocycles. The van der Waals surface area contributed by atoms with Gasteiger partial charge in [-0.05, 0) is 122 Å². The Morgan fingerprint density at radius 3 is 2.25 bits per heavy atom. The van der Waals surface area contributed by atoms with Gasteiger partial charge in [0.2, 0.25) is 0 Å². The molecule has 0 bridgehead atoms. The highest BCUT2D eigenvalue weighted by Crippen LogP contribution is 2.40. The number of ether oxygens (including phenoxy) is 3. The summed E-state index contributed by atoms with van der Waals surface area (Å²) in [5.74, 6) is 1.45. The summed E-state index contributed by atoms with van der Waals surface area (Å²) in [4.78, 5) is 18.1. The molecule has 3 fully saturated rings. The number of carbonyl (C=O) groups is 1. The van der Waals surface area contributed by atoms with Gasteiger partial charge in [-0.25, -0.2) is 4.79 Å². The fourth-order valence-corrected chi connectivity index (χ4v) is 8.21. The number of nitrogens with zero attached hydrogens (tertiary/aromatic N) is 2. The predicted octanol–water partition coefficient (Wildman–Crippen LogP) is 9.07. The largest absolute Gasteiger partial charge is 0.457 e. The first kappa shape index (κ1) is 37.9. The van der Waals surface area contributed by atoms with Gasteiger partial charge in [-0.2, -0.15) is 0 Å². The predicted molar refractivity (Wildman–Crippen MR) is 219 cm³/mol. The highest BCUT2D eigenvalue weighted by Gasteiger charge is 2.36. The van der Waals surface area contributed by atoms with Crippen molar-refractivity contribution in [2.75, 3.05) is 38.0 Å². The lowest BCUT2D eigenvalue weighted by atomic mass is 9.98. The third-order valence-corrected chi connectivity index (χ3v) is 11.2. The van der Waals surface area contributed by atoms with Crippen LogP contribution in [-0.4, -0.2) is 65.8 Å². The number of para-hydroxylation sites is 1. The lowest BCUT2D eigenvalue weighted by Crippen LogP contribution is -2.45. The quantitative estimate of drug-likeness (QED) is 0.111. The second-order valence-electron chi connectivity index (χ2n) is 15.2. The molecule has 8 rings (SSSR count). The molecule has 2 amide bonds. The van der Waals surface area contributed by atoms with Crippen molar-refractivity contribution in [3.8, 4) is 22.6 Å². The third kappa shape index (κ3) is 9.85. The zero-order chi connectivity index (χ0) is 38.1. The number of urea groups is 1. The Morgan fingerprint density at radius 2 is 1.46 bits per heavy atom. The number of rotatable bonds is 13. The van der Waals surface area contributed by atoms with Crippen LogP contribution in [-0.2, 0) is 22.6 Å². The second-order valence-corrected chi connectivity index (χ2v) is 15.2. The van der Waals surface area contributed by atoms with Crippen LogP contribution in [0.1, 0.15) is 66.8 Å². The first-order valence-corrected chi connectivity index (χ1v) is 20.1. The zero-order valence-corrected chi connectivity index (χ0v) is 31.9. The highest BCUT2D eigenvalue weighted by molar-refractivity contribution is 5.89. The van der Waals surface area contributed by atoms with Crippen LogP contribution in [0.2, 0.25) is 0 Å². The maximum Gasteiger partial charge on any atom is 0.319 e. The van der Waals surface area contributed by atoms with Gasteiger partial charge >= 0.3 is 6.03 Å². The van der Waals surface area contributed by atoms with Crippen LogP contribution in [0.3, 0.4) is 0 Å².